The minimum Gasteiger partial charge on any atom is -0.197 e. The molecule has 0 amide bonds. The zero-order valence-electron chi connectivity index (χ0n) is 7.01. The predicted molar refractivity (Wildman–Crippen MR) is 53.6 cm³/mol. The Morgan fingerprint density at radius 1 is 1.21 bits per heavy atom. The van der Waals surface area contributed by atoms with Gasteiger partial charge in [-0.2, -0.15) is 20.5 Å². The van der Waals surface area contributed by atoms with Crippen LogP contribution in [0, 0.1) is 0 Å². The number of fused-ring (bicyclic) bond motifs is 3. The van der Waals surface area contributed by atoms with Gasteiger partial charge in [-0.05, 0) is 17.7 Å². The molecule has 1 aliphatic heterocycles. The Morgan fingerprint density at radius 2 is 2.21 bits per heavy atom. The van der Waals surface area contributed by atoms with Gasteiger partial charge in [-0.1, -0.05) is 6.07 Å². The summed E-state index contributed by atoms with van der Waals surface area (Å²) in [7, 11) is 0. The lowest BCUT2D eigenvalue weighted by atomic mass is 10.2. The van der Waals surface area contributed by atoms with Crippen LogP contribution in [-0.4, -0.2) is 15.4 Å². The van der Waals surface area contributed by atoms with E-state index in [4.69, 9.17) is 0 Å². The van der Waals surface area contributed by atoms with Crippen LogP contribution in [0.15, 0.2) is 32.9 Å². The van der Waals surface area contributed by atoms with Crippen molar-refractivity contribution in [2.24, 2.45) is 9.63 Å². The third-order valence-corrected chi connectivity index (χ3v) is 2.76. The number of H-pyrrole nitrogens is 1. The number of aromatic nitrogens is 3. The SMILES string of the molecule is C1=Cc2ccc3n[nH]nc3c2SN=N1. The summed E-state index contributed by atoms with van der Waals surface area (Å²) < 4.78 is 3.92. The molecular formula is C8H5N5S. The fourth-order valence-corrected chi connectivity index (χ4v) is 2.00. The maximum Gasteiger partial charge on any atom is 0.129 e. The lowest BCUT2D eigenvalue weighted by Crippen LogP contribution is -1.80. The molecule has 0 spiro atoms. The van der Waals surface area contributed by atoms with Gasteiger partial charge in [0.25, 0.3) is 0 Å². The summed E-state index contributed by atoms with van der Waals surface area (Å²) >= 11 is 1.32. The van der Waals surface area contributed by atoms with Crippen molar-refractivity contribution in [3.63, 3.8) is 0 Å². The van der Waals surface area contributed by atoms with Crippen LogP contribution in [-0.2, 0) is 0 Å². The summed E-state index contributed by atoms with van der Waals surface area (Å²) in [6, 6.07) is 3.91. The standard InChI is InChI=1S/C8H5N5S/c1-2-6-7(11-12-10-6)8-5(1)3-4-9-13-14-8/h1-4H,(H,10,11,12). The third-order valence-electron chi connectivity index (χ3n) is 1.97. The van der Waals surface area contributed by atoms with E-state index in [1.165, 1.54) is 11.9 Å². The highest BCUT2D eigenvalue weighted by atomic mass is 32.2. The molecule has 0 saturated carbocycles. The monoisotopic (exact) mass is 203 g/mol. The molecule has 14 heavy (non-hydrogen) atoms. The van der Waals surface area contributed by atoms with Crippen molar-refractivity contribution < 1.29 is 0 Å². The third kappa shape index (κ3) is 1.04. The van der Waals surface area contributed by atoms with Gasteiger partial charge in [0.15, 0.2) is 0 Å². The van der Waals surface area contributed by atoms with E-state index in [9.17, 15) is 0 Å². The molecule has 3 rings (SSSR count). The summed E-state index contributed by atoms with van der Waals surface area (Å²) in [6.45, 7) is 0. The largest absolute Gasteiger partial charge is 0.197 e. The molecule has 0 saturated heterocycles. The molecule has 0 bridgehead atoms. The number of benzene rings is 1. The van der Waals surface area contributed by atoms with Crippen molar-refractivity contribution in [2.45, 2.75) is 4.90 Å². The van der Waals surface area contributed by atoms with Crippen molar-refractivity contribution in [1.29, 1.82) is 0 Å². The number of nitrogens with one attached hydrogen (secondary N) is 1. The van der Waals surface area contributed by atoms with Crippen LogP contribution in [0.2, 0.25) is 0 Å². The van der Waals surface area contributed by atoms with Gasteiger partial charge in [-0.3, -0.25) is 0 Å². The minimum atomic E-state index is 0.845. The molecule has 2 aromatic rings. The number of hydrogen-bond acceptors (Lipinski definition) is 5. The quantitative estimate of drug-likeness (QED) is 0.668. The molecule has 0 aliphatic carbocycles. The Balaban J connectivity index is 2.38. The molecule has 68 valence electrons. The number of nitrogens with zero attached hydrogens (tertiary/aromatic N) is 4. The molecule has 6 heteroatoms. The van der Waals surface area contributed by atoms with Crippen molar-refractivity contribution >= 4 is 29.1 Å². The average Bonchev–Trinajstić information content (AvgIpc) is 2.55. The van der Waals surface area contributed by atoms with Gasteiger partial charge in [0.05, 0.1) is 11.1 Å². The van der Waals surface area contributed by atoms with Gasteiger partial charge in [0, 0.05) is 11.9 Å². The molecule has 0 fully saturated rings. The van der Waals surface area contributed by atoms with E-state index in [-0.39, 0.29) is 0 Å². The fraction of sp³-hybridized carbons (Fsp3) is 0. The first kappa shape index (κ1) is 7.69. The highest BCUT2D eigenvalue weighted by molar-refractivity contribution is 7.98. The first-order chi connectivity index (χ1) is 6.95. The van der Waals surface area contributed by atoms with Crippen molar-refractivity contribution in [3.05, 3.63) is 23.9 Å². The molecule has 2 heterocycles. The molecule has 1 aliphatic rings. The van der Waals surface area contributed by atoms with E-state index in [2.05, 4.69) is 25.0 Å². The Hall–Kier alpha value is -1.69. The van der Waals surface area contributed by atoms with Gasteiger partial charge in [0.2, 0.25) is 0 Å². The van der Waals surface area contributed by atoms with Gasteiger partial charge in [-0.15, -0.1) is 4.52 Å². The minimum absolute atomic E-state index is 0.845. The molecule has 1 aromatic heterocycles. The number of aromatic amines is 1. The van der Waals surface area contributed by atoms with E-state index in [1.54, 1.807) is 6.20 Å². The molecule has 0 unspecified atom stereocenters. The Labute approximate surface area is 83.4 Å². The summed E-state index contributed by atoms with van der Waals surface area (Å²) in [4.78, 5) is 0.994. The lowest BCUT2D eigenvalue weighted by Gasteiger charge is -1.98. The molecule has 5 nitrogen and oxygen atoms in total. The molecule has 0 radical (unpaired) electrons. The topological polar surface area (TPSA) is 66.3 Å². The van der Waals surface area contributed by atoms with E-state index in [1.807, 2.05) is 18.2 Å². The Morgan fingerprint density at radius 3 is 3.21 bits per heavy atom. The van der Waals surface area contributed by atoms with Crippen LogP contribution in [0.4, 0.5) is 0 Å². The predicted octanol–water partition coefficient (Wildman–Crippen LogP) is 2.40. The molecule has 1 N–H and O–H groups in total. The van der Waals surface area contributed by atoms with Gasteiger partial charge >= 0.3 is 0 Å². The van der Waals surface area contributed by atoms with Crippen molar-refractivity contribution in [2.75, 3.05) is 0 Å². The summed E-state index contributed by atoms with van der Waals surface area (Å²) in [5, 5.41) is 14.5. The van der Waals surface area contributed by atoms with Gasteiger partial charge in [-0.25, -0.2) is 0 Å². The fourth-order valence-electron chi connectivity index (χ4n) is 1.34. The zero-order valence-corrected chi connectivity index (χ0v) is 7.82. The van der Waals surface area contributed by atoms with Crippen LogP contribution in [0.5, 0.6) is 0 Å². The van der Waals surface area contributed by atoms with E-state index in [0.717, 1.165) is 21.5 Å². The lowest BCUT2D eigenvalue weighted by molar-refractivity contribution is 0.957. The second-order valence-electron chi connectivity index (χ2n) is 2.78. The molecule has 0 atom stereocenters. The maximum atomic E-state index is 4.08. The van der Waals surface area contributed by atoms with Gasteiger partial charge < -0.3 is 0 Å². The highest BCUT2D eigenvalue weighted by Gasteiger charge is 2.10. The normalized spacial score (nSPS) is 14.3. The summed E-state index contributed by atoms with van der Waals surface area (Å²) in [5.41, 5.74) is 2.76. The van der Waals surface area contributed by atoms with Crippen LogP contribution in [0.25, 0.3) is 17.1 Å². The first-order valence-corrected chi connectivity index (χ1v) is 4.80. The average molecular weight is 203 g/mol. The summed E-state index contributed by atoms with van der Waals surface area (Å²) in [5.74, 6) is 0. The van der Waals surface area contributed by atoms with Crippen LogP contribution in [0.1, 0.15) is 5.56 Å². The maximum absolute atomic E-state index is 4.08. The van der Waals surface area contributed by atoms with E-state index >= 15 is 0 Å². The molecule has 1 aromatic carbocycles. The van der Waals surface area contributed by atoms with Crippen molar-refractivity contribution in [3.8, 4) is 0 Å². The van der Waals surface area contributed by atoms with E-state index < -0.39 is 0 Å². The van der Waals surface area contributed by atoms with Gasteiger partial charge in [0.1, 0.15) is 11.0 Å². The van der Waals surface area contributed by atoms with E-state index in [0.29, 0.717) is 0 Å². The number of hydrogen-bond donors (Lipinski definition) is 1. The first-order valence-electron chi connectivity index (χ1n) is 4.02. The Bertz CT molecular complexity index is 542. The zero-order chi connectivity index (χ0) is 9.38. The highest BCUT2D eigenvalue weighted by Crippen LogP contribution is 2.32. The Kier molecular flexibility index (Phi) is 1.60. The summed E-state index contributed by atoms with van der Waals surface area (Å²) in [6.07, 6.45) is 3.58. The molecular weight excluding hydrogens is 198 g/mol. The number of rotatable bonds is 0. The second kappa shape index (κ2) is 2.91. The van der Waals surface area contributed by atoms with Crippen LogP contribution < -0.4 is 0 Å². The van der Waals surface area contributed by atoms with Crippen LogP contribution >= 0.6 is 11.9 Å². The smallest absolute Gasteiger partial charge is 0.129 e. The second-order valence-corrected chi connectivity index (χ2v) is 3.53. The van der Waals surface area contributed by atoms with Crippen LogP contribution in [0.3, 0.4) is 0 Å². The van der Waals surface area contributed by atoms with Crippen molar-refractivity contribution in [1.82, 2.24) is 15.4 Å².